The number of hydrogen-bond acceptors (Lipinski definition) is 5. The van der Waals surface area contributed by atoms with E-state index in [9.17, 15) is 0 Å². The molecule has 0 saturated carbocycles. The third-order valence-electron chi connectivity index (χ3n) is 1.30. The van der Waals surface area contributed by atoms with E-state index in [4.69, 9.17) is 29.7 Å². The van der Waals surface area contributed by atoms with Crippen LogP contribution in [-0.2, 0) is 4.57 Å². The second kappa shape index (κ2) is 10.9. The molecule has 0 aliphatic heterocycles. The molecule has 0 heterocycles. The van der Waals surface area contributed by atoms with Crippen LogP contribution in [0.4, 0.5) is 0 Å². The predicted octanol–water partition coefficient (Wildman–Crippen LogP) is -1.76. The fourth-order valence-corrected chi connectivity index (χ4v) is 0.742. The van der Waals surface area contributed by atoms with Crippen molar-refractivity contribution < 1.29 is 29.7 Å². The van der Waals surface area contributed by atoms with Crippen molar-refractivity contribution in [2.24, 2.45) is 0 Å². The molecular weight excluding hydrogens is 213 g/mol. The molecule has 1 unspecified atom stereocenters. The molecule has 86 valence electrons. The Labute approximate surface area is 83.2 Å². The minimum absolute atomic E-state index is 0.00486. The van der Waals surface area contributed by atoms with E-state index in [1.807, 2.05) is 0 Å². The average Bonchev–Trinajstić information content (AvgIpc) is 2.02. The summed E-state index contributed by atoms with van der Waals surface area (Å²) in [5.41, 5.74) is 0. The second-order valence-electron chi connectivity index (χ2n) is 2.37. The predicted molar refractivity (Wildman–Crippen MR) is 49.5 cm³/mol. The number of hydrogen-bond donors (Lipinski definition) is 5. The third kappa shape index (κ3) is 14.4. The molecule has 8 heteroatoms. The molecule has 0 saturated heterocycles. The molecule has 0 fully saturated rings. The summed E-state index contributed by atoms with van der Waals surface area (Å²) in [5, 5.41) is 25.9. The Morgan fingerprint density at radius 2 is 1.50 bits per heavy atom. The van der Waals surface area contributed by atoms with Crippen molar-refractivity contribution in [1.29, 1.82) is 0 Å². The van der Waals surface area contributed by atoms with Gasteiger partial charge in [-0.3, -0.25) is 4.90 Å². The van der Waals surface area contributed by atoms with Crippen molar-refractivity contribution in [2.45, 2.75) is 13.2 Å². The molecule has 0 aromatic heterocycles. The summed E-state index contributed by atoms with van der Waals surface area (Å²) >= 11 is 0. The van der Waals surface area contributed by atoms with Gasteiger partial charge in [0.2, 0.25) is 0 Å². The van der Waals surface area contributed by atoms with Crippen LogP contribution < -0.4 is 0 Å². The molecular formula is C6H17NO6P+. The number of aliphatic hydroxyl groups excluding tert-OH is 3. The van der Waals surface area contributed by atoms with Gasteiger partial charge in [-0.2, -0.15) is 0 Å². The minimum Gasteiger partial charge on any atom is -0.395 e. The van der Waals surface area contributed by atoms with Crippen molar-refractivity contribution in [3.05, 3.63) is 0 Å². The van der Waals surface area contributed by atoms with E-state index in [1.54, 1.807) is 11.8 Å². The highest BCUT2D eigenvalue weighted by Gasteiger charge is 2.07. The van der Waals surface area contributed by atoms with Crippen molar-refractivity contribution in [3.63, 3.8) is 0 Å². The first-order chi connectivity index (χ1) is 6.45. The van der Waals surface area contributed by atoms with Crippen molar-refractivity contribution in [3.8, 4) is 0 Å². The molecule has 0 radical (unpaired) electrons. The van der Waals surface area contributed by atoms with Crippen LogP contribution in [0.15, 0.2) is 0 Å². The Morgan fingerprint density at radius 1 is 1.21 bits per heavy atom. The smallest absolute Gasteiger partial charge is 0.395 e. The minimum atomic E-state index is -2.87. The van der Waals surface area contributed by atoms with E-state index in [0.717, 1.165) is 0 Å². The summed E-state index contributed by atoms with van der Waals surface area (Å²) in [7, 11) is -2.87. The van der Waals surface area contributed by atoms with Crippen molar-refractivity contribution in [2.75, 3.05) is 26.3 Å². The normalized spacial score (nSPS) is 11.9. The van der Waals surface area contributed by atoms with Gasteiger partial charge in [-0.05, 0) is 6.92 Å². The first kappa shape index (κ1) is 16.3. The molecule has 0 amide bonds. The Morgan fingerprint density at radius 3 is 1.64 bits per heavy atom. The van der Waals surface area contributed by atoms with E-state index in [1.165, 1.54) is 0 Å². The molecule has 1 atom stereocenters. The zero-order valence-electron chi connectivity index (χ0n) is 7.94. The largest absolute Gasteiger partial charge is 0.692 e. The molecule has 0 aromatic rings. The van der Waals surface area contributed by atoms with Crippen LogP contribution in [-0.4, -0.2) is 62.5 Å². The van der Waals surface area contributed by atoms with Crippen LogP contribution in [0, 0.1) is 0 Å². The highest BCUT2D eigenvalue weighted by molar-refractivity contribution is 7.30. The summed E-state index contributed by atoms with van der Waals surface area (Å²) in [6.07, 6.45) is -0.598. The highest BCUT2D eigenvalue weighted by atomic mass is 31.1. The summed E-state index contributed by atoms with van der Waals surface area (Å²) in [6, 6.07) is 0. The van der Waals surface area contributed by atoms with E-state index in [2.05, 4.69) is 0 Å². The lowest BCUT2D eigenvalue weighted by atomic mass is 10.4. The van der Waals surface area contributed by atoms with Crippen LogP contribution in [0.25, 0.3) is 0 Å². The number of rotatable bonds is 5. The van der Waals surface area contributed by atoms with Gasteiger partial charge in [0.25, 0.3) is 0 Å². The second-order valence-corrected chi connectivity index (χ2v) is 2.87. The summed E-state index contributed by atoms with van der Waals surface area (Å²) in [4.78, 5) is 15.8. The first-order valence-electron chi connectivity index (χ1n) is 3.94. The van der Waals surface area contributed by atoms with Gasteiger partial charge in [0.05, 0.1) is 13.2 Å². The zero-order valence-corrected chi connectivity index (χ0v) is 8.84. The maximum Gasteiger partial charge on any atom is 0.692 e. The first-order valence-corrected chi connectivity index (χ1v) is 5.11. The SMILES string of the molecule is CC(O)N(CCO)CCO.O=[P+](O)O. The summed E-state index contributed by atoms with van der Waals surface area (Å²) in [5.74, 6) is 0. The Hall–Kier alpha value is -0.140. The maximum atomic E-state index is 8.98. The Balaban J connectivity index is 0. The molecule has 0 aliphatic carbocycles. The maximum absolute atomic E-state index is 8.98. The lowest BCUT2D eigenvalue weighted by Gasteiger charge is -2.22. The molecule has 0 aromatic carbocycles. The van der Waals surface area contributed by atoms with Gasteiger partial charge in [0, 0.05) is 17.7 Å². The van der Waals surface area contributed by atoms with Crippen LogP contribution in [0.1, 0.15) is 6.92 Å². The quantitative estimate of drug-likeness (QED) is 0.280. The summed E-state index contributed by atoms with van der Waals surface area (Å²) in [6.45, 7) is 2.41. The summed E-state index contributed by atoms with van der Waals surface area (Å²) < 4.78 is 8.70. The molecule has 0 aliphatic rings. The average molecular weight is 230 g/mol. The van der Waals surface area contributed by atoms with Gasteiger partial charge < -0.3 is 15.3 Å². The Kier molecular flexibility index (Phi) is 12.7. The van der Waals surface area contributed by atoms with Crippen LogP contribution in [0.2, 0.25) is 0 Å². The lowest BCUT2D eigenvalue weighted by molar-refractivity contribution is -0.000790. The lowest BCUT2D eigenvalue weighted by Crippen LogP contribution is -2.37. The molecule has 0 rings (SSSR count). The zero-order chi connectivity index (χ0) is 11.6. The molecule has 5 N–H and O–H groups in total. The monoisotopic (exact) mass is 230 g/mol. The van der Waals surface area contributed by atoms with Gasteiger partial charge in [-0.25, -0.2) is 0 Å². The van der Waals surface area contributed by atoms with Gasteiger partial charge in [-0.15, -0.1) is 9.79 Å². The third-order valence-corrected chi connectivity index (χ3v) is 1.30. The van der Waals surface area contributed by atoms with E-state index < -0.39 is 14.5 Å². The highest BCUT2D eigenvalue weighted by Crippen LogP contribution is 1.98. The van der Waals surface area contributed by atoms with E-state index >= 15 is 0 Å². The standard InChI is InChI=1S/C6H15NO3.HO3P/c1-6(10)7(2-4-8)3-5-9;1-4(2)3/h6,8-10H,2-5H2,1H3;(H-,1,2,3)/p+1. The van der Waals surface area contributed by atoms with Gasteiger partial charge in [0.15, 0.2) is 0 Å². The number of nitrogens with zero attached hydrogens (tertiary/aromatic N) is 1. The van der Waals surface area contributed by atoms with Gasteiger partial charge in [0.1, 0.15) is 6.23 Å². The van der Waals surface area contributed by atoms with E-state index in [0.29, 0.717) is 13.1 Å². The topological polar surface area (TPSA) is 121 Å². The fourth-order valence-electron chi connectivity index (χ4n) is 0.742. The number of aliphatic hydroxyl groups is 3. The van der Waals surface area contributed by atoms with Crippen LogP contribution in [0.3, 0.4) is 0 Å². The van der Waals surface area contributed by atoms with Crippen molar-refractivity contribution in [1.82, 2.24) is 4.90 Å². The Bertz CT molecular complexity index is 134. The van der Waals surface area contributed by atoms with Gasteiger partial charge in [-0.1, -0.05) is 0 Å². The van der Waals surface area contributed by atoms with Crippen molar-refractivity contribution >= 4 is 8.25 Å². The van der Waals surface area contributed by atoms with E-state index in [-0.39, 0.29) is 13.2 Å². The fraction of sp³-hybridized carbons (Fsp3) is 1.00. The molecule has 14 heavy (non-hydrogen) atoms. The van der Waals surface area contributed by atoms with Gasteiger partial charge >= 0.3 is 8.25 Å². The van der Waals surface area contributed by atoms with Crippen LogP contribution >= 0.6 is 8.25 Å². The van der Waals surface area contributed by atoms with Crippen LogP contribution in [0.5, 0.6) is 0 Å². The molecule has 7 nitrogen and oxygen atoms in total. The molecule has 0 spiro atoms. The molecule has 0 bridgehead atoms.